The van der Waals surface area contributed by atoms with E-state index in [-0.39, 0.29) is 23.4 Å². The molecule has 0 N–H and O–H groups in total. The highest BCUT2D eigenvalue weighted by molar-refractivity contribution is 6.21. The Morgan fingerprint density at radius 3 is 2.89 bits per heavy atom. The molecule has 1 aliphatic rings. The molecule has 1 aliphatic carbocycles. The van der Waals surface area contributed by atoms with Crippen molar-refractivity contribution in [2.24, 2.45) is 0 Å². The highest BCUT2D eigenvalue weighted by Crippen LogP contribution is 2.34. The Kier molecular flexibility index (Phi) is 4.46. The van der Waals surface area contributed by atoms with Crippen LogP contribution in [0, 0.1) is 12.7 Å². The number of halogens is 2. The molecule has 0 radical (unpaired) electrons. The third-order valence-corrected chi connectivity index (χ3v) is 3.55. The van der Waals surface area contributed by atoms with Crippen molar-refractivity contribution in [1.82, 2.24) is 0 Å². The van der Waals surface area contributed by atoms with Crippen LogP contribution >= 0.6 is 11.6 Å². The van der Waals surface area contributed by atoms with Crippen LogP contribution in [0.5, 0.6) is 5.75 Å². The quantitative estimate of drug-likeness (QED) is 0.761. The third kappa shape index (κ3) is 2.96. The minimum absolute atomic E-state index is 0.00425. The average molecular weight is 273 g/mol. The first kappa shape index (κ1) is 13.6. The molecule has 100 valence electrons. The van der Waals surface area contributed by atoms with Gasteiger partial charge in [-0.1, -0.05) is 13.0 Å². The normalized spacial score (nSPS) is 26.8. The van der Waals surface area contributed by atoms with Gasteiger partial charge in [-0.05, 0) is 25.0 Å². The summed E-state index contributed by atoms with van der Waals surface area (Å²) in [6, 6.07) is 4.55. The van der Waals surface area contributed by atoms with E-state index < -0.39 is 0 Å². The molecule has 0 heterocycles. The lowest BCUT2D eigenvalue weighted by Gasteiger charge is -2.40. The Bertz CT molecular complexity index is 411. The van der Waals surface area contributed by atoms with Crippen LogP contribution in [0.2, 0.25) is 0 Å². The smallest absolute Gasteiger partial charge is 0.128 e. The molecule has 1 aromatic rings. The molecule has 2 nitrogen and oxygen atoms in total. The fraction of sp³-hybridized carbons (Fsp3) is 0.571. The largest absolute Gasteiger partial charge is 0.487 e. The van der Waals surface area contributed by atoms with E-state index in [1.165, 1.54) is 12.1 Å². The first-order valence-electron chi connectivity index (χ1n) is 6.30. The first-order valence-corrected chi connectivity index (χ1v) is 6.74. The zero-order chi connectivity index (χ0) is 13.1. The SMILES string of the molecule is CCCOC1C(Cl)CC1Oc1cc(F)ccc1C. The minimum Gasteiger partial charge on any atom is -0.487 e. The first-order chi connectivity index (χ1) is 8.61. The van der Waals surface area contributed by atoms with E-state index in [1.54, 1.807) is 6.07 Å². The molecule has 0 aromatic heterocycles. The summed E-state index contributed by atoms with van der Waals surface area (Å²) in [4.78, 5) is 0. The van der Waals surface area contributed by atoms with Gasteiger partial charge in [-0.25, -0.2) is 4.39 Å². The van der Waals surface area contributed by atoms with Gasteiger partial charge in [0.2, 0.25) is 0 Å². The predicted octanol–water partition coefficient (Wildman–Crippen LogP) is 3.69. The van der Waals surface area contributed by atoms with Crippen molar-refractivity contribution in [3.05, 3.63) is 29.6 Å². The summed E-state index contributed by atoms with van der Waals surface area (Å²) in [7, 11) is 0. The van der Waals surface area contributed by atoms with Gasteiger partial charge in [0.15, 0.2) is 0 Å². The molecule has 18 heavy (non-hydrogen) atoms. The third-order valence-electron chi connectivity index (χ3n) is 3.12. The molecule has 1 fully saturated rings. The Morgan fingerprint density at radius 1 is 1.44 bits per heavy atom. The summed E-state index contributed by atoms with van der Waals surface area (Å²) in [5, 5.41) is -0.00425. The second kappa shape index (κ2) is 5.89. The lowest BCUT2D eigenvalue weighted by molar-refractivity contribution is -0.0800. The number of hydrogen-bond acceptors (Lipinski definition) is 2. The van der Waals surface area contributed by atoms with Gasteiger partial charge in [-0.2, -0.15) is 0 Å². The maximum atomic E-state index is 13.2. The number of benzene rings is 1. The number of aryl methyl sites for hydroxylation is 1. The number of hydrogen-bond donors (Lipinski definition) is 0. The summed E-state index contributed by atoms with van der Waals surface area (Å²) < 4.78 is 24.6. The Hall–Kier alpha value is -0.800. The van der Waals surface area contributed by atoms with Gasteiger partial charge in [-0.3, -0.25) is 0 Å². The molecule has 3 atom stereocenters. The van der Waals surface area contributed by atoms with E-state index in [1.807, 2.05) is 6.92 Å². The Labute approximate surface area is 112 Å². The van der Waals surface area contributed by atoms with Gasteiger partial charge in [0.1, 0.15) is 23.8 Å². The van der Waals surface area contributed by atoms with Crippen molar-refractivity contribution in [3.63, 3.8) is 0 Å². The maximum absolute atomic E-state index is 13.2. The molecule has 2 rings (SSSR count). The van der Waals surface area contributed by atoms with Crippen molar-refractivity contribution in [3.8, 4) is 5.75 Å². The molecular weight excluding hydrogens is 255 g/mol. The molecule has 0 bridgehead atoms. The van der Waals surface area contributed by atoms with Crippen LogP contribution in [-0.2, 0) is 4.74 Å². The molecule has 1 saturated carbocycles. The molecule has 3 unspecified atom stereocenters. The van der Waals surface area contributed by atoms with Crippen molar-refractivity contribution in [2.75, 3.05) is 6.61 Å². The van der Waals surface area contributed by atoms with Crippen molar-refractivity contribution < 1.29 is 13.9 Å². The highest BCUT2D eigenvalue weighted by atomic mass is 35.5. The van der Waals surface area contributed by atoms with Crippen LogP contribution < -0.4 is 4.74 Å². The summed E-state index contributed by atoms with van der Waals surface area (Å²) >= 11 is 6.10. The minimum atomic E-state index is -0.289. The second-order valence-electron chi connectivity index (χ2n) is 4.65. The standard InChI is InChI=1S/C14H18ClFO2/c1-3-6-17-14-11(15)8-13(14)18-12-7-10(16)5-4-9(12)2/h4-5,7,11,13-14H,3,6,8H2,1-2H3. The molecule has 0 aliphatic heterocycles. The van der Waals surface area contributed by atoms with Crippen LogP contribution in [0.3, 0.4) is 0 Å². The summed E-state index contributed by atoms with van der Waals surface area (Å²) in [5.41, 5.74) is 0.920. The fourth-order valence-corrected chi connectivity index (χ4v) is 2.38. The van der Waals surface area contributed by atoms with Crippen LogP contribution in [-0.4, -0.2) is 24.2 Å². The van der Waals surface area contributed by atoms with E-state index >= 15 is 0 Å². The monoisotopic (exact) mass is 272 g/mol. The number of ether oxygens (including phenoxy) is 2. The molecule has 0 saturated heterocycles. The maximum Gasteiger partial charge on any atom is 0.128 e. The molecule has 4 heteroatoms. The van der Waals surface area contributed by atoms with E-state index in [2.05, 4.69) is 6.92 Å². The highest BCUT2D eigenvalue weighted by Gasteiger charge is 2.42. The van der Waals surface area contributed by atoms with Crippen LogP contribution in [0.25, 0.3) is 0 Å². The van der Waals surface area contributed by atoms with Gasteiger partial charge < -0.3 is 9.47 Å². The molecular formula is C14H18ClFO2. The molecule has 0 amide bonds. The van der Waals surface area contributed by atoms with Crippen LogP contribution in [0.1, 0.15) is 25.3 Å². The van der Waals surface area contributed by atoms with Crippen LogP contribution in [0.4, 0.5) is 4.39 Å². The van der Waals surface area contributed by atoms with Crippen molar-refractivity contribution in [2.45, 2.75) is 44.3 Å². The zero-order valence-corrected chi connectivity index (χ0v) is 11.4. The van der Waals surface area contributed by atoms with Crippen molar-refractivity contribution >= 4 is 11.6 Å². The van der Waals surface area contributed by atoms with Gasteiger partial charge in [0, 0.05) is 19.1 Å². The summed E-state index contributed by atoms with van der Waals surface area (Å²) in [5.74, 6) is 0.289. The van der Waals surface area contributed by atoms with Crippen molar-refractivity contribution in [1.29, 1.82) is 0 Å². The number of rotatable bonds is 5. The lowest BCUT2D eigenvalue weighted by Crippen LogP contribution is -2.52. The van der Waals surface area contributed by atoms with Gasteiger partial charge in [0.05, 0.1) is 5.38 Å². The Balaban J connectivity index is 1.98. The van der Waals surface area contributed by atoms with Gasteiger partial charge in [-0.15, -0.1) is 11.6 Å². The van der Waals surface area contributed by atoms with E-state index in [9.17, 15) is 4.39 Å². The predicted molar refractivity (Wildman–Crippen MR) is 69.8 cm³/mol. The topological polar surface area (TPSA) is 18.5 Å². The van der Waals surface area contributed by atoms with Gasteiger partial charge in [0.25, 0.3) is 0 Å². The summed E-state index contributed by atoms with van der Waals surface area (Å²) in [6.07, 6.45) is 1.53. The number of alkyl halides is 1. The van der Waals surface area contributed by atoms with E-state index in [4.69, 9.17) is 21.1 Å². The van der Waals surface area contributed by atoms with Gasteiger partial charge >= 0.3 is 0 Å². The van der Waals surface area contributed by atoms with Crippen LogP contribution in [0.15, 0.2) is 18.2 Å². The fourth-order valence-electron chi connectivity index (χ4n) is 1.97. The van der Waals surface area contributed by atoms with E-state index in [0.29, 0.717) is 12.4 Å². The zero-order valence-electron chi connectivity index (χ0n) is 10.7. The Morgan fingerprint density at radius 2 is 2.22 bits per heavy atom. The average Bonchev–Trinajstić information content (AvgIpc) is 2.33. The second-order valence-corrected chi connectivity index (χ2v) is 5.21. The summed E-state index contributed by atoms with van der Waals surface area (Å²) in [6.45, 7) is 4.62. The van der Waals surface area contributed by atoms with E-state index in [0.717, 1.165) is 18.4 Å². The lowest BCUT2D eigenvalue weighted by atomic mass is 9.90. The molecule has 0 spiro atoms. The molecule has 1 aromatic carbocycles.